The van der Waals surface area contributed by atoms with Crippen molar-refractivity contribution in [3.63, 3.8) is 0 Å². The van der Waals surface area contributed by atoms with Crippen LogP contribution in [0.5, 0.6) is 0 Å². The number of rotatable bonds is 5. The first-order chi connectivity index (χ1) is 13.7. The summed E-state index contributed by atoms with van der Waals surface area (Å²) in [5, 5.41) is 0. The second-order valence-electron chi connectivity index (χ2n) is 8.12. The molecule has 0 aliphatic carbocycles. The molecule has 0 bridgehead atoms. The smallest absolute Gasteiger partial charge is 0.243 e. The molecule has 0 unspecified atom stereocenters. The van der Waals surface area contributed by atoms with E-state index < -0.39 is 10.0 Å². The first-order valence-electron chi connectivity index (χ1n) is 10.6. The van der Waals surface area contributed by atoms with E-state index in [9.17, 15) is 13.2 Å². The Kier molecular flexibility index (Phi) is 6.98. The molecule has 1 aromatic carbocycles. The van der Waals surface area contributed by atoms with E-state index in [1.54, 1.807) is 16.4 Å². The van der Waals surface area contributed by atoms with Crippen LogP contribution in [0, 0.1) is 13.8 Å². The number of amides is 1. The molecule has 3 rings (SSSR count). The summed E-state index contributed by atoms with van der Waals surface area (Å²) in [4.78, 5) is 19.7. The Hall–Kier alpha value is -1.48. The van der Waals surface area contributed by atoms with Crippen molar-refractivity contribution in [1.82, 2.24) is 19.0 Å². The molecule has 1 atom stereocenters. The molecule has 0 aromatic heterocycles. The number of carbonyl (C=O) groups excluding carboxylic acids is 1. The molecular formula is C21H34N4O3S. The fourth-order valence-corrected chi connectivity index (χ4v) is 5.57. The highest BCUT2D eigenvalue weighted by Gasteiger charge is 2.33. The van der Waals surface area contributed by atoms with Gasteiger partial charge in [0.15, 0.2) is 0 Å². The van der Waals surface area contributed by atoms with Crippen LogP contribution in [0.2, 0.25) is 0 Å². The van der Waals surface area contributed by atoms with Gasteiger partial charge in [-0.05, 0) is 50.6 Å². The lowest BCUT2D eigenvalue weighted by atomic mass is 10.1. The van der Waals surface area contributed by atoms with Gasteiger partial charge in [0.1, 0.15) is 0 Å². The molecule has 0 N–H and O–H groups in total. The van der Waals surface area contributed by atoms with Crippen LogP contribution in [0.1, 0.15) is 25.0 Å². The van der Waals surface area contributed by atoms with Crippen LogP contribution in [0.15, 0.2) is 23.1 Å². The number of nitrogens with zero attached hydrogens (tertiary/aromatic N) is 4. The van der Waals surface area contributed by atoms with Crippen molar-refractivity contribution in [2.24, 2.45) is 0 Å². The molecule has 2 fully saturated rings. The van der Waals surface area contributed by atoms with Gasteiger partial charge in [0.25, 0.3) is 0 Å². The minimum absolute atomic E-state index is 0.159. The number of sulfonamides is 1. The van der Waals surface area contributed by atoms with Crippen LogP contribution in [-0.2, 0) is 14.8 Å². The summed E-state index contributed by atoms with van der Waals surface area (Å²) < 4.78 is 27.5. The minimum atomic E-state index is -3.49. The lowest BCUT2D eigenvalue weighted by Gasteiger charge is -2.40. The zero-order chi connectivity index (χ0) is 21.2. The zero-order valence-electron chi connectivity index (χ0n) is 18.1. The highest BCUT2D eigenvalue weighted by Crippen LogP contribution is 2.21. The molecule has 7 nitrogen and oxygen atoms in total. The van der Waals surface area contributed by atoms with Gasteiger partial charge in [-0.1, -0.05) is 13.0 Å². The number of likely N-dealkylation sites (N-methyl/N-ethyl adjacent to an activating group) is 1. The lowest BCUT2D eigenvalue weighted by Crippen LogP contribution is -2.57. The van der Waals surface area contributed by atoms with E-state index in [1.807, 2.05) is 31.7 Å². The summed E-state index contributed by atoms with van der Waals surface area (Å²) in [5.41, 5.74) is 2.06. The number of carbonyl (C=O) groups is 1. The van der Waals surface area contributed by atoms with Crippen molar-refractivity contribution in [2.45, 2.75) is 38.6 Å². The summed E-state index contributed by atoms with van der Waals surface area (Å²) in [6.45, 7) is 14.4. The maximum atomic E-state index is 13.0. The van der Waals surface area contributed by atoms with Gasteiger partial charge in [-0.3, -0.25) is 9.69 Å². The van der Waals surface area contributed by atoms with E-state index in [-0.39, 0.29) is 11.9 Å². The zero-order valence-corrected chi connectivity index (χ0v) is 18.9. The highest BCUT2D eigenvalue weighted by atomic mass is 32.2. The topological polar surface area (TPSA) is 64.2 Å². The second kappa shape index (κ2) is 9.12. The Labute approximate surface area is 175 Å². The van der Waals surface area contributed by atoms with Crippen molar-refractivity contribution in [2.75, 3.05) is 58.9 Å². The molecule has 0 spiro atoms. The summed E-state index contributed by atoms with van der Waals surface area (Å²) in [6.07, 6.45) is 0. The molecule has 2 aliphatic rings. The molecule has 0 saturated carbocycles. The van der Waals surface area contributed by atoms with Gasteiger partial charge < -0.3 is 9.80 Å². The summed E-state index contributed by atoms with van der Waals surface area (Å²) >= 11 is 0. The number of hydrogen-bond donors (Lipinski definition) is 0. The van der Waals surface area contributed by atoms with E-state index in [4.69, 9.17) is 0 Å². The number of piperazine rings is 2. The van der Waals surface area contributed by atoms with Crippen LogP contribution < -0.4 is 0 Å². The van der Waals surface area contributed by atoms with Crippen molar-refractivity contribution < 1.29 is 13.2 Å². The molecule has 8 heteroatoms. The standard InChI is InChI=1S/C21H34N4O3S/c1-5-22-8-10-24(11-9-22)21(26)19(4)23-12-14-25(15-13-23)29(27,28)20-7-6-17(2)18(3)16-20/h6-7,16,19H,5,8-15H2,1-4H3/t19-/m0/s1. The Balaban J connectivity index is 1.58. The van der Waals surface area contributed by atoms with Crippen LogP contribution in [0.4, 0.5) is 0 Å². The first kappa shape index (κ1) is 22.2. The Morgan fingerprint density at radius 3 is 2.14 bits per heavy atom. The van der Waals surface area contributed by atoms with Gasteiger partial charge >= 0.3 is 0 Å². The maximum Gasteiger partial charge on any atom is 0.243 e. The number of aryl methyl sites for hydroxylation is 2. The van der Waals surface area contributed by atoms with Crippen LogP contribution in [0.3, 0.4) is 0 Å². The van der Waals surface area contributed by atoms with E-state index >= 15 is 0 Å². The summed E-state index contributed by atoms with van der Waals surface area (Å²) in [6, 6.07) is 5.08. The third-order valence-corrected chi connectivity index (χ3v) is 8.32. The van der Waals surface area contributed by atoms with Crippen LogP contribution in [-0.4, -0.2) is 98.3 Å². The molecule has 162 valence electrons. The van der Waals surface area contributed by atoms with Gasteiger partial charge in [-0.25, -0.2) is 8.42 Å². The Bertz CT molecular complexity index is 826. The molecule has 1 amide bonds. The van der Waals surface area contributed by atoms with E-state index in [0.29, 0.717) is 31.1 Å². The predicted octanol–water partition coefficient (Wildman–Crippen LogP) is 1.16. The van der Waals surface area contributed by atoms with Gasteiger partial charge in [-0.15, -0.1) is 0 Å². The minimum Gasteiger partial charge on any atom is -0.339 e. The van der Waals surface area contributed by atoms with Gasteiger partial charge in [0.2, 0.25) is 15.9 Å². The lowest BCUT2D eigenvalue weighted by molar-refractivity contribution is -0.138. The largest absolute Gasteiger partial charge is 0.339 e. The van der Waals surface area contributed by atoms with Crippen molar-refractivity contribution >= 4 is 15.9 Å². The third-order valence-electron chi connectivity index (χ3n) is 6.43. The summed E-state index contributed by atoms with van der Waals surface area (Å²) in [7, 11) is -3.49. The van der Waals surface area contributed by atoms with Crippen molar-refractivity contribution in [3.05, 3.63) is 29.3 Å². The average molecular weight is 423 g/mol. The van der Waals surface area contributed by atoms with Gasteiger partial charge in [0, 0.05) is 52.4 Å². The highest BCUT2D eigenvalue weighted by molar-refractivity contribution is 7.89. The Morgan fingerprint density at radius 2 is 1.59 bits per heavy atom. The molecule has 1 aromatic rings. The SMILES string of the molecule is CCN1CCN(C(=O)[C@H](C)N2CCN(S(=O)(=O)c3ccc(C)c(C)c3)CC2)CC1. The third kappa shape index (κ3) is 4.82. The molecule has 2 aliphatic heterocycles. The molecule has 2 saturated heterocycles. The van der Waals surface area contributed by atoms with E-state index in [1.165, 1.54) is 0 Å². The molecule has 0 radical (unpaired) electrons. The van der Waals surface area contributed by atoms with Crippen molar-refractivity contribution in [1.29, 1.82) is 0 Å². The fourth-order valence-electron chi connectivity index (χ4n) is 4.06. The predicted molar refractivity (Wildman–Crippen MR) is 114 cm³/mol. The van der Waals surface area contributed by atoms with Crippen LogP contribution in [0.25, 0.3) is 0 Å². The summed E-state index contributed by atoms with van der Waals surface area (Å²) in [5.74, 6) is 0.159. The average Bonchev–Trinajstić information content (AvgIpc) is 2.74. The quantitative estimate of drug-likeness (QED) is 0.713. The molecule has 2 heterocycles. The first-order valence-corrected chi connectivity index (χ1v) is 12.0. The van der Waals surface area contributed by atoms with Crippen molar-refractivity contribution in [3.8, 4) is 0 Å². The monoisotopic (exact) mass is 422 g/mol. The van der Waals surface area contributed by atoms with Crippen LogP contribution >= 0.6 is 0 Å². The van der Waals surface area contributed by atoms with E-state index in [2.05, 4.69) is 16.7 Å². The Morgan fingerprint density at radius 1 is 0.966 bits per heavy atom. The normalized spacial score (nSPS) is 21.3. The number of benzene rings is 1. The molecular weight excluding hydrogens is 388 g/mol. The number of hydrogen-bond acceptors (Lipinski definition) is 5. The van der Waals surface area contributed by atoms with Gasteiger partial charge in [-0.2, -0.15) is 4.31 Å². The van der Waals surface area contributed by atoms with Gasteiger partial charge in [0.05, 0.1) is 10.9 Å². The molecule has 29 heavy (non-hydrogen) atoms. The fraction of sp³-hybridized carbons (Fsp3) is 0.667. The van der Waals surface area contributed by atoms with E-state index in [0.717, 1.165) is 43.9 Å². The maximum absolute atomic E-state index is 13.0. The second-order valence-corrected chi connectivity index (χ2v) is 10.1.